The molecule has 1 amide bonds. The lowest BCUT2D eigenvalue weighted by molar-refractivity contribution is 0.0500. The summed E-state index contributed by atoms with van der Waals surface area (Å²) in [6, 6.07) is 7.65. The van der Waals surface area contributed by atoms with Gasteiger partial charge in [0.2, 0.25) is 5.95 Å². The number of benzene rings is 1. The maximum atomic E-state index is 12.2. The molecule has 2 aromatic heterocycles. The minimum atomic E-state index is -0.533. The van der Waals surface area contributed by atoms with Gasteiger partial charge in [0.1, 0.15) is 11.4 Å². The SMILES string of the molecule is CC(C)(C)OC(=O)N[C@H]1CCCN(c2cc(-c3ccc4c(N)n[nH]c4c3)nc(N)n2)C1. The zero-order valence-corrected chi connectivity index (χ0v) is 18.0. The minimum Gasteiger partial charge on any atom is -0.444 e. The number of nitrogens with one attached hydrogen (secondary N) is 2. The standard InChI is InChI=1S/C21H28N8O2/c1-21(2,3)31-20(30)24-13-5-4-8-29(11-13)17-10-15(25-19(23)26-17)12-6-7-14-16(9-12)27-28-18(14)22/h6-7,9-10,13H,4-5,8,11H2,1-3H3,(H,24,30)(H3,22,27,28)(H2,23,25,26)/t13-/m0/s1. The van der Waals surface area contributed by atoms with Gasteiger partial charge in [-0.05, 0) is 45.7 Å². The largest absolute Gasteiger partial charge is 0.444 e. The van der Waals surface area contributed by atoms with Crippen LogP contribution >= 0.6 is 0 Å². The number of hydrogen-bond acceptors (Lipinski definition) is 8. The first-order valence-electron chi connectivity index (χ1n) is 10.3. The number of carbonyl (C=O) groups excluding carboxylic acids is 1. The van der Waals surface area contributed by atoms with Gasteiger partial charge in [0, 0.05) is 36.1 Å². The number of ether oxygens (including phenoxy) is 1. The van der Waals surface area contributed by atoms with E-state index in [1.165, 1.54) is 0 Å². The van der Waals surface area contributed by atoms with E-state index in [9.17, 15) is 4.79 Å². The molecule has 0 bridgehead atoms. The Kier molecular flexibility index (Phi) is 5.30. The van der Waals surface area contributed by atoms with Gasteiger partial charge in [-0.1, -0.05) is 6.07 Å². The molecule has 1 saturated heterocycles. The minimum absolute atomic E-state index is 0.0347. The Morgan fingerprint density at radius 1 is 1.26 bits per heavy atom. The summed E-state index contributed by atoms with van der Waals surface area (Å²) in [5.41, 5.74) is 13.8. The summed E-state index contributed by atoms with van der Waals surface area (Å²) in [6.07, 6.45) is 1.38. The first-order valence-corrected chi connectivity index (χ1v) is 10.3. The van der Waals surface area contributed by atoms with E-state index >= 15 is 0 Å². The summed E-state index contributed by atoms with van der Waals surface area (Å²) < 4.78 is 5.38. The molecule has 0 saturated carbocycles. The molecule has 164 valence electrons. The lowest BCUT2D eigenvalue weighted by atomic mass is 10.1. The van der Waals surface area contributed by atoms with Crippen molar-refractivity contribution in [3.05, 3.63) is 24.3 Å². The van der Waals surface area contributed by atoms with Crippen molar-refractivity contribution >= 4 is 34.6 Å². The predicted molar refractivity (Wildman–Crippen MR) is 121 cm³/mol. The van der Waals surface area contributed by atoms with E-state index in [4.69, 9.17) is 16.2 Å². The van der Waals surface area contributed by atoms with Crippen LogP contribution in [-0.4, -0.2) is 51.0 Å². The molecule has 0 spiro atoms. The second-order valence-electron chi connectivity index (χ2n) is 8.77. The van der Waals surface area contributed by atoms with E-state index in [2.05, 4.69) is 30.4 Å². The van der Waals surface area contributed by atoms with Gasteiger partial charge in [0.05, 0.1) is 11.2 Å². The van der Waals surface area contributed by atoms with E-state index in [1.807, 2.05) is 45.0 Å². The van der Waals surface area contributed by atoms with Gasteiger partial charge >= 0.3 is 6.09 Å². The van der Waals surface area contributed by atoms with Gasteiger partial charge in [-0.15, -0.1) is 0 Å². The molecule has 0 radical (unpaired) electrons. The highest BCUT2D eigenvalue weighted by molar-refractivity contribution is 5.91. The number of anilines is 3. The van der Waals surface area contributed by atoms with Gasteiger partial charge in [-0.3, -0.25) is 5.10 Å². The first kappa shape index (κ1) is 20.7. The summed E-state index contributed by atoms with van der Waals surface area (Å²) in [4.78, 5) is 23.1. The fourth-order valence-corrected chi connectivity index (χ4v) is 3.74. The Bertz CT molecular complexity index is 1100. The molecule has 31 heavy (non-hydrogen) atoms. The molecule has 1 fully saturated rings. The van der Waals surface area contributed by atoms with Crippen molar-refractivity contribution in [2.75, 3.05) is 29.5 Å². The maximum absolute atomic E-state index is 12.2. The van der Waals surface area contributed by atoms with Gasteiger partial charge in [-0.25, -0.2) is 9.78 Å². The summed E-state index contributed by atoms with van der Waals surface area (Å²) in [7, 11) is 0. The van der Waals surface area contributed by atoms with Crippen LogP contribution < -0.4 is 21.7 Å². The zero-order chi connectivity index (χ0) is 22.2. The molecule has 1 aliphatic rings. The molecular weight excluding hydrogens is 396 g/mol. The second-order valence-corrected chi connectivity index (χ2v) is 8.77. The zero-order valence-electron chi connectivity index (χ0n) is 18.0. The molecule has 10 nitrogen and oxygen atoms in total. The molecule has 1 aliphatic heterocycles. The normalized spacial score (nSPS) is 17.0. The number of amides is 1. The molecule has 6 N–H and O–H groups in total. The van der Waals surface area contributed by atoms with Crippen molar-refractivity contribution in [1.29, 1.82) is 0 Å². The molecule has 0 aliphatic carbocycles. The van der Waals surface area contributed by atoms with Crippen molar-refractivity contribution in [2.24, 2.45) is 0 Å². The van der Waals surface area contributed by atoms with Crippen LogP contribution in [0.25, 0.3) is 22.2 Å². The lowest BCUT2D eigenvalue weighted by Crippen LogP contribution is -2.49. The third kappa shape index (κ3) is 4.79. The van der Waals surface area contributed by atoms with Gasteiger partial charge in [-0.2, -0.15) is 10.1 Å². The first-order chi connectivity index (χ1) is 14.7. The molecule has 1 aromatic carbocycles. The van der Waals surface area contributed by atoms with Crippen LogP contribution in [0.4, 0.5) is 22.4 Å². The smallest absolute Gasteiger partial charge is 0.407 e. The van der Waals surface area contributed by atoms with Crippen molar-refractivity contribution in [3.8, 4) is 11.3 Å². The van der Waals surface area contributed by atoms with E-state index in [1.54, 1.807) is 0 Å². The molecule has 3 aromatic rings. The number of nitrogens with zero attached hydrogens (tertiary/aromatic N) is 4. The van der Waals surface area contributed by atoms with Crippen LogP contribution in [0.3, 0.4) is 0 Å². The van der Waals surface area contributed by atoms with E-state index in [0.717, 1.165) is 41.7 Å². The number of H-pyrrole nitrogens is 1. The van der Waals surface area contributed by atoms with E-state index in [0.29, 0.717) is 18.1 Å². The molecular formula is C21H28N8O2. The van der Waals surface area contributed by atoms with E-state index < -0.39 is 11.7 Å². The van der Waals surface area contributed by atoms with Crippen molar-refractivity contribution < 1.29 is 9.53 Å². The number of aromatic nitrogens is 4. The molecule has 10 heteroatoms. The van der Waals surface area contributed by atoms with Crippen LogP contribution in [0.1, 0.15) is 33.6 Å². The predicted octanol–water partition coefficient (Wildman–Crippen LogP) is 2.68. The monoisotopic (exact) mass is 424 g/mol. The Labute approximate surface area is 180 Å². The Balaban J connectivity index is 1.54. The van der Waals surface area contributed by atoms with Crippen LogP contribution in [0, 0.1) is 0 Å². The van der Waals surface area contributed by atoms with Crippen LogP contribution in [0.15, 0.2) is 24.3 Å². The van der Waals surface area contributed by atoms with E-state index in [-0.39, 0.29) is 12.0 Å². The van der Waals surface area contributed by atoms with Crippen molar-refractivity contribution in [3.63, 3.8) is 0 Å². The highest BCUT2D eigenvalue weighted by Crippen LogP contribution is 2.28. The fraction of sp³-hybridized carbons (Fsp3) is 0.429. The van der Waals surface area contributed by atoms with Crippen LogP contribution in [0.5, 0.6) is 0 Å². The highest BCUT2D eigenvalue weighted by Gasteiger charge is 2.25. The van der Waals surface area contributed by atoms with Gasteiger partial charge in [0.25, 0.3) is 0 Å². The molecule has 4 rings (SSSR count). The lowest BCUT2D eigenvalue weighted by Gasteiger charge is -2.34. The van der Waals surface area contributed by atoms with Crippen LogP contribution in [0.2, 0.25) is 0 Å². The number of piperidine rings is 1. The summed E-state index contributed by atoms with van der Waals surface area (Å²) >= 11 is 0. The van der Waals surface area contributed by atoms with Crippen molar-refractivity contribution in [2.45, 2.75) is 45.3 Å². The number of fused-ring (bicyclic) bond motifs is 1. The van der Waals surface area contributed by atoms with Gasteiger partial charge in [0.15, 0.2) is 5.82 Å². The van der Waals surface area contributed by atoms with Crippen LogP contribution in [-0.2, 0) is 4.74 Å². The second kappa shape index (κ2) is 7.93. The topological polar surface area (TPSA) is 148 Å². The molecule has 0 unspecified atom stereocenters. The Hall–Kier alpha value is -3.56. The number of nitrogens with two attached hydrogens (primary N) is 2. The summed E-state index contributed by atoms with van der Waals surface area (Å²) in [6.45, 7) is 6.98. The third-order valence-corrected chi connectivity index (χ3v) is 5.08. The number of aromatic amines is 1. The van der Waals surface area contributed by atoms with Crippen molar-refractivity contribution in [1.82, 2.24) is 25.5 Å². The number of nitrogen functional groups attached to an aromatic ring is 2. The van der Waals surface area contributed by atoms with Gasteiger partial charge < -0.3 is 26.4 Å². The Morgan fingerprint density at radius 3 is 2.84 bits per heavy atom. The number of alkyl carbamates (subject to hydrolysis) is 1. The molecule has 1 atom stereocenters. The third-order valence-electron chi connectivity index (χ3n) is 5.08. The quantitative estimate of drug-likeness (QED) is 0.501. The number of rotatable bonds is 3. The maximum Gasteiger partial charge on any atom is 0.407 e. The molecule has 3 heterocycles. The number of hydrogen-bond donors (Lipinski definition) is 4. The Morgan fingerprint density at radius 2 is 2.06 bits per heavy atom. The fourth-order valence-electron chi connectivity index (χ4n) is 3.74. The summed E-state index contributed by atoms with van der Waals surface area (Å²) in [5.74, 6) is 1.38. The average molecular weight is 425 g/mol. The summed E-state index contributed by atoms with van der Waals surface area (Å²) in [5, 5.41) is 10.8. The number of carbonyl (C=O) groups is 1. The average Bonchev–Trinajstić information content (AvgIpc) is 3.06. The highest BCUT2D eigenvalue weighted by atomic mass is 16.6.